The molecule has 0 saturated carbocycles. The van der Waals surface area contributed by atoms with Gasteiger partial charge in [0, 0.05) is 5.56 Å². The summed E-state index contributed by atoms with van der Waals surface area (Å²) in [6.07, 6.45) is 0. The van der Waals surface area contributed by atoms with E-state index in [0.717, 1.165) is 0 Å². The third kappa shape index (κ3) is 2.43. The summed E-state index contributed by atoms with van der Waals surface area (Å²) >= 11 is 5.69. The molecular weight excluding hydrogens is 252 g/mol. The van der Waals surface area contributed by atoms with Crippen molar-refractivity contribution in [3.8, 4) is 5.75 Å². The Morgan fingerprint density at radius 3 is 2.44 bits per heavy atom. The fourth-order valence-electron chi connectivity index (χ4n) is 1.54. The molecule has 0 unspecified atom stereocenters. The minimum absolute atomic E-state index is 0.128. The SMILES string of the molecule is COc1ccc(C(=O)c2ccc(Cl)nc2N)cc1. The van der Waals surface area contributed by atoms with Crippen LogP contribution in [0.25, 0.3) is 0 Å². The molecule has 0 radical (unpaired) electrons. The predicted octanol–water partition coefficient (Wildman–Crippen LogP) is 2.56. The number of rotatable bonds is 3. The number of nitrogens with zero attached hydrogens (tertiary/aromatic N) is 1. The summed E-state index contributed by atoms with van der Waals surface area (Å²) in [5.41, 5.74) is 6.53. The molecule has 1 aromatic heterocycles. The third-order valence-electron chi connectivity index (χ3n) is 2.49. The second-order valence-electron chi connectivity index (χ2n) is 3.62. The number of ketones is 1. The molecule has 0 aliphatic carbocycles. The summed E-state index contributed by atoms with van der Waals surface area (Å²) in [7, 11) is 1.57. The van der Waals surface area contributed by atoms with E-state index in [1.165, 1.54) is 6.07 Å². The number of methoxy groups -OCH3 is 1. The van der Waals surface area contributed by atoms with Gasteiger partial charge in [0.25, 0.3) is 0 Å². The molecule has 4 nitrogen and oxygen atoms in total. The number of nitrogens with two attached hydrogens (primary N) is 1. The van der Waals surface area contributed by atoms with Crippen molar-refractivity contribution in [2.24, 2.45) is 0 Å². The van der Waals surface area contributed by atoms with Crippen LogP contribution in [0.1, 0.15) is 15.9 Å². The van der Waals surface area contributed by atoms with Gasteiger partial charge >= 0.3 is 0 Å². The maximum atomic E-state index is 12.2. The van der Waals surface area contributed by atoms with E-state index in [2.05, 4.69) is 4.98 Å². The van der Waals surface area contributed by atoms with Crippen molar-refractivity contribution in [1.82, 2.24) is 4.98 Å². The first-order valence-corrected chi connectivity index (χ1v) is 5.60. The van der Waals surface area contributed by atoms with E-state index >= 15 is 0 Å². The number of ether oxygens (including phenoxy) is 1. The molecular formula is C13H11ClN2O2. The molecule has 18 heavy (non-hydrogen) atoms. The van der Waals surface area contributed by atoms with Crippen LogP contribution >= 0.6 is 11.6 Å². The molecule has 0 fully saturated rings. The van der Waals surface area contributed by atoms with Crippen LogP contribution in [0.3, 0.4) is 0 Å². The van der Waals surface area contributed by atoms with E-state index in [1.807, 2.05) is 0 Å². The van der Waals surface area contributed by atoms with Gasteiger partial charge in [-0.05, 0) is 36.4 Å². The van der Waals surface area contributed by atoms with Gasteiger partial charge in [0.05, 0.1) is 12.7 Å². The van der Waals surface area contributed by atoms with Crippen molar-refractivity contribution in [2.75, 3.05) is 12.8 Å². The summed E-state index contributed by atoms with van der Waals surface area (Å²) in [6.45, 7) is 0. The van der Waals surface area contributed by atoms with Crippen molar-refractivity contribution < 1.29 is 9.53 Å². The van der Waals surface area contributed by atoms with Gasteiger partial charge < -0.3 is 10.5 Å². The molecule has 0 aliphatic heterocycles. The number of hydrogen-bond donors (Lipinski definition) is 1. The van der Waals surface area contributed by atoms with E-state index in [4.69, 9.17) is 22.1 Å². The molecule has 92 valence electrons. The number of aromatic nitrogens is 1. The number of hydrogen-bond acceptors (Lipinski definition) is 4. The lowest BCUT2D eigenvalue weighted by atomic mass is 10.0. The van der Waals surface area contributed by atoms with Crippen molar-refractivity contribution in [3.05, 3.63) is 52.7 Å². The van der Waals surface area contributed by atoms with E-state index in [0.29, 0.717) is 16.9 Å². The summed E-state index contributed by atoms with van der Waals surface area (Å²) in [5.74, 6) is 0.622. The fraction of sp³-hybridized carbons (Fsp3) is 0.0769. The minimum atomic E-state index is -0.195. The molecule has 2 rings (SSSR count). The topological polar surface area (TPSA) is 65.2 Å². The Morgan fingerprint density at radius 1 is 1.22 bits per heavy atom. The zero-order chi connectivity index (χ0) is 13.1. The highest BCUT2D eigenvalue weighted by Gasteiger charge is 2.13. The molecule has 1 aromatic carbocycles. The first kappa shape index (κ1) is 12.4. The average Bonchev–Trinajstić information content (AvgIpc) is 2.38. The first-order valence-electron chi connectivity index (χ1n) is 5.22. The largest absolute Gasteiger partial charge is 0.497 e. The predicted molar refractivity (Wildman–Crippen MR) is 70.1 cm³/mol. The normalized spacial score (nSPS) is 10.1. The van der Waals surface area contributed by atoms with Crippen molar-refractivity contribution in [3.63, 3.8) is 0 Å². The lowest BCUT2D eigenvalue weighted by Gasteiger charge is -2.05. The molecule has 0 spiro atoms. The van der Waals surface area contributed by atoms with Gasteiger partial charge in [0.2, 0.25) is 0 Å². The number of halogens is 1. The monoisotopic (exact) mass is 262 g/mol. The standard InChI is InChI=1S/C13H11ClN2O2/c1-18-9-4-2-8(3-5-9)12(17)10-6-7-11(14)16-13(10)15/h2-7H,1H3,(H2,15,16). The van der Waals surface area contributed by atoms with Gasteiger partial charge in [0.15, 0.2) is 5.78 Å². The van der Waals surface area contributed by atoms with Crippen LogP contribution in [-0.2, 0) is 0 Å². The van der Waals surface area contributed by atoms with Gasteiger partial charge in [0.1, 0.15) is 16.7 Å². The van der Waals surface area contributed by atoms with Crippen LogP contribution in [0.4, 0.5) is 5.82 Å². The van der Waals surface area contributed by atoms with Gasteiger partial charge in [-0.3, -0.25) is 4.79 Å². The Hall–Kier alpha value is -2.07. The maximum Gasteiger partial charge on any atom is 0.196 e. The van der Waals surface area contributed by atoms with Gasteiger partial charge in [-0.25, -0.2) is 4.98 Å². The van der Waals surface area contributed by atoms with E-state index in [9.17, 15) is 4.79 Å². The zero-order valence-electron chi connectivity index (χ0n) is 9.68. The van der Waals surface area contributed by atoms with Crippen LogP contribution in [-0.4, -0.2) is 17.9 Å². The van der Waals surface area contributed by atoms with E-state index in [-0.39, 0.29) is 16.8 Å². The second-order valence-corrected chi connectivity index (χ2v) is 4.01. The Morgan fingerprint density at radius 2 is 1.89 bits per heavy atom. The summed E-state index contributed by atoms with van der Waals surface area (Å²) in [5, 5.41) is 0.263. The molecule has 0 amide bonds. The lowest BCUT2D eigenvalue weighted by molar-refractivity contribution is 0.103. The highest BCUT2D eigenvalue weighted by Crippen LogP contribution is 2.19. The minimum Gasteiger partial charge on any atom is -0.497 e. The highest BCUT2D eigenvalue weighted by atomic mass is 35.5. The number of carbonyl (C=O) groups excluding carboxylic acids is 1. The third-order valence-corrected chi connectivity index (χ3v) is 2.70. The molecule has 0 bridgehead atoms. The molecule has 0 atom stereocenters. The van der Waals surface area contributed by atoms with Gasteiger partial charge in [-0.2, -0.15) is 0 Å². The average molecular weight is 263 g/mol. The van der Waals surface area contributed by atoms with Crippen molar-refractivity contribution >= 4 is 23.2 Å². The lowest BCUT2D eigenvalue weighted by Crippen LogP contribution is -2.07. The number of pyridine rings is 1. The summed E-state index contributed by atoms with van der Waals surface area (Å²) < 4.78 is 5.03. The number of carbonyl (C=O) groups is 1. The fourth-order valence-corrected chi connectivity index (χ4v) is 1.69. The molecule has 5 heteroatoms. The van der Waals surface area contributed by atoms with Crippen molar-refractivity contribution in [1.29, 1.82) is 0 Å². The summed E-state index contributed by atoms with van der Waals surface area (Å²) in [6, 6.07) is 9.88. The molecule has 0 aliphatic rings. The Bertz CT molecular complexity index is 582. The smallest absolute Gasteiger partial charge is 0.196 e. The zero-order valence-corrected chi connectivity index (χ0v) is 10.4. The maximum absolute atomic E-state index is 12.2. The van der Waals surface area contributed by atoms with Crippen LogP contribution < -0.4 is 10.5 Å². The first-order chi connectivity index (χ1) is 8.61. The number of benzene rings is 1. The van der Waals surface area contributed by atoms with Gasteiger partial charge in [-0.1, -0.05) is 11.6 Å². The van der Waals surface area contributed by atoms with Gasteiger partial charge in [-0.15, -0.1) is 0 Å². The van der Waals surface area contributed by atoms with Crippen LogP contribution in [0.2, 0.25) is 5.15 Å². The number of anilines is 1. The Labute approximate surface area is 109 Å². The second kappa shape index (κ2) is 5.06. The Kier molecular flexibility index (Phi) is 3.48. The highest BCUT2D eigenvalue weighted by molar-refractivity contribution is 6.29. The number of nitrogen functional groups attached to an aromatic ring is 1. The van der Waals surface area contributed by atoms with Crippen LogP contribution in [0.5, 0.6) is 5.75 Å². The molecule has 2 aromatic rings. The van der Waals surface area contributed by atoms with Crippen molar-refractivity contribution in [2.45, 2.75) is 0 Å². The molecule has 1 heterocycles. The summed E-state index contributed by atoms with van der Waals surface area (Å²) in [4.78, 5) is 16.0. The van der Waals surface area contributed by atoms with Crippen LogP contribution in [0, 0.1) is 0 Å². The van der Waals surface area contributed by atoms with E-state index < -0.39 is 0 Å². The quantitative estimate of drug-likeness (QED) is 0.682. The molecule has 2 N–H and O–H groups in total. The van der Waals surface area contributed by atoms with Crippen LogP contribution in [0.15, 0.2) is 36.4 Å². The Balaban J connectivity index is 2.35. The van der Waals surface area contributed by atoms with E-state index in [1.54, 1.807) is 37.4 Å². The molecule has 0 saturated heterocycles.